The number of allylic oxidation sites excluding steroid dienone is 2. The summed E-state index contributed by atoms with van der Waals surface area (Å²) in [7, 11) is 0. The summed E-state index contributed by atoms with van der Waals surface area (Å²) in [6, 6.07) is 0. The third kappa shape index (κ3) is 2.32. The van der Waals surface area contributed by atoms with E-state index in [1.165, 1.54) is 6.08 Å². The van der Waals surface area contributed by atoms with Gasteiger partial charge in [0.1, 0.15) is 5.92 Å². The Bertz CT molecular complexity index is 368. The van der Waals surface area contributed by atoms with Crippen molar-refractivity contribution in [2.24, 2.45) is 17.3 Å². The monoisotopic (exact) mass is 286 g/mol. The summed E-state index contributed by atoms with van der Waals surface area (Å²) in [6.45, 7) is 5.15. The fourth-order valence-electron chi connectivity index (χ4n) is 1.60. The van der Waals surface area contributed by atoms with Gasteiger partial charge >= 0.3 is 0 Å². The van der Waals surface area contributed by atoms with Crippen molar-refractivity contribution in [3.05, 3.63) is 12.2 Å². The number of Topliss-reactive ketones (excluding diaryl/α,β-unsaturated/α-hetero) is 2. The molecule has 0 bridgehead atoms. The fourth-order valence-corrected chi connectivity index (χ4v) is 1.92. The van der Waals surface area contributed by atoms with Crippen LogP contribution in [0.2, 0.25) is 0 Å². The molecular weight excluding hydrogens is 272 g/mol. The Morgan fingerprint density at radius 2 is 2.06 bits per heavy atom. The summed E-state index contributed by atoms with van der Waals surface area (Å²) in [6.07, 6.45) is 2.92. The van der Waals surface area contributed by atoms with Crippen LogP contribution >= 0.6 is 15.9 Å². The second-order valence-electron chi connectivity index (χ2n) is 4.71. The second kappa shape index (κ2) is 4.62. The van der Waals surface area contributed by atoms with Crippen molar-refractivity contribution >= 4 is 33.3 Å². The predicted octanol–water partition coefficient (Wildman–Crippen LogP) is 1.94. The highest BCUT2D eigenvalue weighted by Gasteiger charge is 2.43. The maximum Gasteiger partial charge on any atom is 0.173 e. The summed E-state index contributed by atoms with van der Waals surface area (Å²) in [5.74, 6) is -2.39. The van der Waals surface area contributed by atoms with Gasteiger partial charge in [-0.2, -0.15) is 0 Å². The van der Waals surface area contributed by atoms with Gasteiger partial charge < -0.3 is 0 Å². The fraction of sp³-hybridized carbons (Fsp3) is 0.583. The van der Waals surface area contributed by atoms with Crippen LogP contribution in [0.25, 0.3) is 0 Å². The number of carbonyl (C=O) groups is 3. The molecule has 0 saturated carbocycles. The molecular formula is C12H15BrO3. The molecule has 0 heterocycles. The third-order valence-corrected chi connectivity index (χ3v) is 3.82. The molecule has 1 aliphatic carbocycles. The van der Waals surface area contributed by atoms with Crippen LogP contribution in [0.5, 0.6) is 0 Å². The summed E-state index contributed by atoms with van der Waals surface area (Å²) >= 11 is 3.19. The summed E-state index contributed by atoms with van der Waals surface area (Å²) in [4.78, 5) is 35.6. The number of hydrogen-bond donors (Lipinski definition) is 0. The van der Waals surface area contributed by atoms with Crippen molar-refractivity contribution in [1.82, 2.24) is 0 Å². The van der Waals surface area contributed by atoms with E-state index in [1.54, 1.807) is 26.8 Å². The minimum Gasteiger partial charge on any atom is -0.298 e. The number of rotatable bonds is 3. The van der Waals surface area contributed by atoms with Gasteiger partial charge in [0.15, 0.2) is 17.3 Å². The average molecular weight is 287 g/mol. The van der Waals surface area contributed by atoms with Gasteiger partial charge in [0.2, 0.25) is 0 Å². The van der Waals surface area contributed by atoms with E-state index in [0.717, 1.165) is 0 Å². The smallest absolute Gasteiger partial charge is 0.173 e. The van der Waals surface area contributed by atoms with Gasteiger partial charge in [-0.15, -0.1) is 0 Å². The molecule has 0 aromatic rings. The molecule has 2 unspecified atom stereocenters. The molecule has 0 N–H and O–H groups in total. The Morgan fingerprint density at radius 3 is 2.56 bits per heavy atom. The van der Waals surface area contributed by atoms with Crippen LogP contribution in [-0.4, -0.2) is 22.7 Å². The van der Waals surface area contributed by atoms with Crippen LogP contribution in [0.1, 0.15) is 20.8 Å². The number of ketones is 3. The zero-order valence-electron chi connectivity index (χ0n) is 9.62. The van der Waals surface area contributed by atoms with Crippen LogP contribution < -0.4 is 0 Å². The minimum absolute atomic E-state index is 0.288. The first-order chi connectivity index (χ1) is 7.31. The highest BCUT2D eigenvalue weighted by atomic mass is 79.9. The lowest BCUT2D eigenvalue weighted by atomic mass is 9.72. The second-order valence-corrected chi connectivity index (χ2v) is 5.36. The van der Waals surface area contributed by atoms with Crippen molar-refractivity contribution < 1.29 is 14.4 Å². The Balaban J connectivity index is 3.05. The number of carbonyl (C=O) groups excluding carboxylic acids is 3. The topological polar surface area (TPSA) is 51.2 Å². The van der Waals surface area contributed by atoms with Crippen LogP contribution in [0.3, 0.4) is 0 Å². The predicted molar refractivity (Wildman–Crippen MR) is 64.4 cm³/mol. The Hall–Kier alpha value is -0.770. The molecule has 0 aromatic carbocycles. The maximum atomic E-state index is 12.0. The van der Waals surface area contributed by atoms with Crippen LogP contribution in [0.4, 0.5) is 0 Å². The molecule has 0 amide bonds. The third-order valence-electron chi connectivity index (χ3n) is 2.85. The van der Waals surface area contributed by atoms with E-state index in [2.05, 4.69) is 15.9 Å². The Labute approximate surface area is 103 Å². The van der Waals surface area contributed by atoms with Crippen molar-refractivity contribution in [2.45, 2.75) is 20.8 Å². The van der Waals surface area contributed by atoms with E-state index < -0.39 is 11.3 Å². The van der Waals surface area contributed by atoms with Crippen LogP contribution in [0.15, 0.2) is 12.2 Å². The first-order valence-electron chi connectivity index (χ1n) is 5.18. The standard InChI is InChI=1S/C12H15BrO3/c1-7(6-13)10(15)9-8(14)4-5-12(2,3)11(9)16/h4-5,7,9H,6H2,1-3H3. The minimum atomic E-state index is -1.10. The molecule has 0 saturated heterocycles. The number of halogens is 1. The van der Waals surface area contributed by atoms with E-state index >= 15 is 0 Å². The van der Waals surface area contributed by atoms with Gasteiger partial charge in [0.05, 0.1) is 0 Å². The van der Waals surface area contributed by atoms with E-state index in [-0.39, 0.29) is 23.3 Å². The van der Waals surface area contributed by atoms with Gasteiger partial charge in [-0.05, 0) is 19.9 Å². The van der Waals surface area contributed by atoms with E-state index in [9.17, 15) is 14.4 Å². The lowest BCUT2D eigenvalue weighted by Gasteiger charge is -2.28. The lowest BCUT2D eigenvalue weighted by Crippen LogP contribution is -2.43. The van der Waals surface area contributed by atoms with Crippen molar-refractivity contribution in [1.29, 1.82) is 0 Å². The highest BCUT2D eigenvalue weighted by molar-refractivity contribution is 9.09. The highest BCUT2D eigenvalue weighted by Crippen LogP contribution is 2.30. The summed E-state index contributed by atoms with van der Waals surface area (Å²) in [5.41, 5.74) is -0.722. The molecule has 16 heavy (non-hydrogen) atoms. The molecule has 88 valence electrons. The van der Waals surface area contributed by atoms with E-state index in [4.69, 9.17) is 0 Å². The van der Waals surface area contributed by atoms with Gasteiger partial charge in [-0.1, -0.05) is 28.9 Å². The molecule has 0 aromatic heterocycles. The Kier molecular flexibility index (Phi) is 3.84. The Morgan fingerprint density at radius 1 is 1.50 bits per heavy atom. The normalized spacial score (nSPS) is 25.6. The molecule has 2 atom stereocenters. The van der Waals surface area contributed by atoms with Crippen LogP contribution in [0, 0.1) is 17.3 Å². The average Bonchev–Trinajstić information content (AvgIpc) is 2.23. The summed E-state index contributed by atoms with van der Waals surface area (Å²) < 4.78 is 0. The molecule has 4 heteroatoms. The SMILES string of the molecule is CC(CBr)C(=O)C1C(=O)C=CC(C)(C)C1=O. The number of hydrogen-bond acceptors (Lipinski definition) is 3. The van der Waals surface area contributed by atoms with Gasteiger partial charge in [-0.3, -0.25) is 14.4 Å². The molecule has 0 radical (unpaired) electrons. The largest absolute Gasteiger partial charge is 0.298 e. The molecule has 0 aliphatic heterocycles. The van der Waals surface area contributed by atoms with Crippen molar-refractivity contribution in [3.63, 3.8) is 0 Å². The molecule has 0 spiro atoms. The zero-order valence-corrected chi connectivity index (χ0v) is 11.2. The van der Waals surface area contributed by atoms with E-state index in [1.807, 2.05) is 0 Å². The van der Waals surface area contributed by atoms with Gasteiger partial charge in [0.25, 0.3) is 0 Å². The molecule has 3 nitrogen and oxygen atoms in total. The maximum absolute atomic E-state index is 12.0. The number of alkyl halides is 1. The van der Waals surface area contributed by atoms with Crippen molar-refractivity contribution in [2.75, 3.05) is 5.33 Å². The van der Waals surface area contributed by atoms with E-state index in [0.29, 0.717) is 5.33 Å². The first-order valence-corrected chi connectivity index (χ1v) is 6.30. The van der Waals surface area contributed by atoms with Crippen LogP contribution in [-0.2, 0) is 14.4 Å². The summed E-state index contributed by atoms with van der Waals surface area (Å²) in [5, 5.41) is 0.465. The van der Waals surface area contributed by atoms with Crippen molar-refractivity contribution in [3.8, 4) is 0 Å². The molecule has 1 aliphatic rings. The zero-order chi connectivity index (χ0) is 12.5. The van der Waals surface area contributed by atoms with Gasteiger partial charge in [-0.25, -0.2) is 0 Å². The lowest BCUT2D eigenvalue weighted by molar-refractivity contribution is -0.143. The molecule has 0 fully saturated rings. The molecule has 1 rings (SSSR count). The van der Waals surface area contributed by atoms with Gasteiger partial charge in [0, 0.05) is 16.7 Å². The quantitative estimate of drug-likeness (QED) is 0.589. The first kappa shape index (κ1) is 13.3.